The number of nitrogens with one attached hydrogen (secondary N) is 1. The Kier molecular flexibility index (Phi) is 4.17. The molecule has 2 heterocycles. The minimum Gasteiger partial charge on any atom is -0.468 e. The highest BCUT2D eigenvalue weighted by Crippen LogP contribution is 2.41. The molecule has 128 valence electrons. The summed E-state index contributed by atoms with van der Waals surface area (Å²) in [6, 6.07) is 6.24. The predicted molar refractivity (Wildman–Crippen MR) is 88.2 cm³/mol. The van der Waals surface area contributed by atoms with E-state index in [4.69, 9.17) is 4.74 Å². The fraction of sp³-hybridized carbons (Fsp3) is 0.500. The zero-order valence-electron chi connectivity index (χ0n) is 14.3. The van der Waals surface area contributed by atoms with E-state index in [1.165, 1.54) is 12.0 Å². The second-order valence-corrected chi connectivity index (χ2v) is 6.84. The van der Waals surface area contributed by atoms with Gasteiger partial charge in [0.05, 0.1) is 24.6 Å². The zero-order chi connectivity index (χ0) is 17.6. The van der Waals surface area contributed by atoms with Crippen LogP contribution in [0.5, 0.6) is 0 Å². The van der Waals surface area contributed by atoms with Gasteiger partial charge in [0.15, 0.2) is 0 Å². The monoisotopic (exact) mass is 330 g/mol. The van der Waals surface area contributed by atoms with Crippen LogP contribution in [-0.2, 0) is 19.1 Å². The van der Waals surface area contributed by atoms with Crippen LogP contribution in [-0.4, -0.2) is 37.0 Å². The number of methoxy groups -OCH3 is 1. The maximum atomic E-state index is 13.0. The Morgan fingerprint density at radius 3 is 2.25 bits per heavy atom. The first-order valence-electron chi connectivity index (χ1n) is 8.15. The third kappa shape index (κ3) is 2.41. The molecule has 1 aromatic rings. The zero-order valence-corrected chi connectivity index (χ0v) is 14.3. The summed E-state index contributed by atoms with van der Waals surface area (Å²) in [7, 11) is 1.29. The van der Waals surface area contributed by atoms with Crippen LogP contribution in [0, 0.1) is 24.7 Å². The first-order chi connectivity index (χ1) is 11.4. The van der Waals surface area contributed by atoms with Gasteiger partial charge in [0.1, 0.15) is 6.04 Å². The fourth-order valence-corrected chi connectivity index (χ4v) is 3.75. The van der Waals surface area contributed by atoms with Crippen molar-refractivity contribution in [1.29, 1.82) is 0 Å². The number of esters is 1. The summed E-state index contributed by atoms with van der Waals surface area (Å²) in [5.41, 5.74) is 1.60. The molecule has 6 heteroatoms. The molecule has 2 amide bonds. The summed E-state index contributed by atoms with van der Waals surface area (Å²) in [4.78, 5) is 39.2. The number of nitrogens with zero attached hydrogens (tertiary/aromatic N) is 1. The van der Waals surface area contributed by atoms with Crippen LogP contribution in [0.25, 0.3) is 0 Å². The van der Waals surface area contributed by atoms with E-state index < -0.39 is 23.8 Å². The number of amides is 2. The largest absolute Gasteiger partial charge is 0.468 e. The molecule has 24 heavy (non-hydrogen) atoms. The molecule has 2 unspecified atom stereocenters. The van der Waals surface area contributed by atoms with Gasteiger partial charge in [-0.05, 0) is 25.0 Å². The first kappa shape index (κ1) is 16.6. The SMILES string of the molecule is COC(=O)[C@H]1N[C@@H](C(C)C)C2C(=O)N(c3ccc(C)cc3)C(=O)C21. The van der Waals surface area contributed by atoms with Crippen LogP contribution in [0.4, 0.5) is 5.69 Å². The molecule has 0 spiro atoms. The molecule has 0 radical (unpaired) electrons. The molecule has 3 rings (SSSR count). The van der Waals surface area contributed by atoms with Gasteiger partial charge in [-0.3, -0.25) is 19.7 Å². The lowest BCUT2D eigenvalue weighted by Crippen LogP contribution is -2.47. The van der Waals surface area contributed by atoms with Crippen molar-refractivity contribution in [3.63, 3.8) is 0 Å². The highest BCUT2D eigenvalue weighted by molar-refractivity contribution is 6.23. The fourth-order valence-electron chi connectivity index (χ4n) is 3.75. The van der Waals surface area contributed by atoms with Crippen molar-refractivity contribution in [2.24, 2.45) is 17.8 Å². The second kappa shape index (κ2) is 6.02. The van der Waals surface area contributed by atoms with E-state index in [2.05, 4.69) is 5.32 Å². The van der Waals surface area contributed by atoms with Gasteiger partial charge < -0.3 is 4.74 Å². The Balaban J connectivity index is 2.01. The van der Waals surface area contributed by atoms with Gasteiger partial charge in [0.2, 0.25) is 11.8 Å². The molecule has 6 nitrogen and oxygen atoms in total. The van der Waals surface area contributed by atoms with Crippen LogP contribution >= 0.6 is 0 Å². The maximum Gasteiger partial charge on any atom is 0.323 e. The number of aryl methyl sites for hydroxylation is 1. The van der Waals surface area contributed by atoms with Crippen molar-refractivity contribution in [3.05, 3.63) is 29.8 Å². The molecular weight excluding hydrogens is 308 g/mol. The van der Waals surface area contributed by atoms with Crippen LogP contribution in [0.15, 0.2) is 24.3 Å². The first-order valence-corrected chi connectivity index (χ1v) is 8.15. The molecular formula is C18H22N2O4. The van der Waals surface area contributed by atoms with E-state index in [0.29, 0.717) is 5.69 Å². The number of carbonyl (C=O) groups excluding carboxylic acids is 3. The molecule has 0 aliphatic carbocycles. The quantitative estimate of drug-likeness (QED) is 0.667. The molecule has 0 saturated carbocycles. The standard InChI is InChI=1S/C18H22N2O4/c1-9(2)14-12-13(15(19-14)18(23)24-4)17(22)20(16(12)21)11-7-5-10(3)6-8-11/h5-9,12-15,19H,1-4H3/t12?,13?,14-,15-/m0/s1. The molecule has 0 bridgehead atoms. The Bertz CT molecular complexity index is 683. The Hall–Kier alpha value is -2.21. The van der Waals surface area contributed by atoms with Gasteiger partial charge in [0.25, 0.3) is 0 Å². The van der Waals surface area contributed by atoms with E-state index in [-0.39, 0.29) is 23.8 Å². The number of rotatable bonds is 3. The van der Waals surface area contributed by atoms with E-state index in [9.17, 15) is 14.4 Å². The van der Waals surface area contributed by atoms with E-state index in [1.54, 1.807) is 12.1 Å². The van der Waals surface area contributed by atoms with Crippen molar-refractivity contribution in [1.82, 2.24) is 5.32 Å². The molecule has 4 atom stereocenters. The summed E-state index contributed by atoms with van der Waals surface area (Å²) < 4.78 is 4.83. The number of hydrogen-bond acceptors (Lipinski definition) is 5. The Labute approximate surface area is 141 Å². The number of fused-ring (bicyclic) bond motifs is 1. The second-order valence-electron chi connectivity index (χ2n) is 6.84. The predicted octanol–water partition coefficient (Wildman–Crippen LogP) is 1.27. The average molecular weight is 330 g/mol. The third-order valence-corrected chi connectivity index (χ3v) is 4.98. The van der Waals surface area contributed by atoms with Gasteiger partial charge in [0, 0.05) is 6.04 Å². The molecule has 2 aliphatic rings. The molecule has 1 aromatic carbocycles. The lowest BCUT2D eigenvalue weighted by atomic mass is 9.85. The average Bonchev–Trinajstić information content (AvgIpc) is 3.06. The smallest absolute Gasteiger partial charge is 0.323 e. The number of imide groups is 1. The summed E-state index contributed by atoms with van der Waals surface area (Å²) >= 11 is 0. The highest BCUT2D eigenvalue weighted by Gasteiger charge is 2.61. The Morgan fingerprint density at radius 1 is 1.12 bits per heavy atom. The summed E-state index contributed by atoms with van der Waals surface area (Å²) in [6.07, 6.45) is 0. The molecule has 2 aliphatic heterocycles. The van der Waals surface area contributed by atoms with E-state index in [0.717, 1.165) is 5.56 Å². The number of benzene rings is 1. The van der Waals surface area contributed by atoms with Crippen LogP contribution < -0.4 is 10.2 Å². The van der Waals surface area contributed by atoms with Gasteiger partial charge in [-0.2, -0.15) is 0 Å². The van der Waals surface area contributed by atoms with Gasteiger partial charge in [-0.15, -0.1) is 0 Å². The number of hydrogen-bond donors (Lipinski definition) is 1. The molecule has 2 fully saturated rings. The van der Waals surface area contributed by atoms with Gasteiger partial charge in [-0.1, -0.05) is 31.5 Å². The molecule has 0 aromatic heterocycles. The lowest BCUT2D eigenvalue weighted by Gasteiger charge is -2.23. The number of ether oxygens (including phenoxy) is 1. The van der Waals surface area contributed by atoms with Crippen molar-refractivity contribution in [2.75, 3.05) is 12.0 Å². The van der Waals surface area contributed by atoms with Crippen LogP contribution in [0.1, 0.15) is 19.4 Å². The summed E-state index contributed by atoms with van der Waals surface area (Å²) in [6.45, 7) is 5.89. The molecule has 2 saturated heterocycles. The van der Waals surface area contributed by atoms with Crippen molar-refractivity contribution < 1.29 is 19.1 Å². The van der Waals surface area contributed by atoms with Crippen molar-refractivity contribution in [3.8, 4) is 0 Å². The van der Waals surface area contributed by atoms with Crippen LogP contribution in [0.2, 0.25) is 0 Å². The topological polar surface area (TPSA) is 75.7 Å². The lowest BCUT2D eigenvalue weighted by molar-refractivity contribution is -0.145. The van der Waals surface area contributed by atoms with E-state index in [1.807, 2.05) is 32.9 Å². The minimum absolute atomic E-state index is 0.113. The van der Waals surface area contributed by atoms with Gasteiger partial charge in [-0.25, -0.2) is 4.90 Å². The van der Waals surface area contributed by atoms with Crippen molar-refractivity contribution in [2.45, 2.75) is 32.9 Å². The maximum absolute atomic E-state index is 13.0. The van der Waals surface area contributed by atoms with Gasteiger partial charge >= 0.3 is 5.97 Å². The van der Waals surface area contributed by atoms with Crippen LogP contribution in [0.3, 0.4) is 0 Å². The molecule has 1 N–H and O–H groups in total. The highest BCUT2D eigenvalue weighted by atomic mass is 16.5. The van der Waals surface area contributed by atoms with E-state index >= 15 is 0 Å². The normalized spacial score (nSPS) is 29.3. The summed E-state index contributed by atoms with van der Waals surface area (Å²) in [5.74, 6) is -2.21. The minimum atomic E-state index is -0.778. The Morgan fingerprint density at radius 2 is 1.71 bits per heavy atom. The number of anilines is 1. The summed E-state index contributed by atoms with van der Waals surface area (Å²) in [5, 5.41) is 3.14. The third-order valence-electron chi connectivity index (χ3n) is 4.98. The number of carbonyl (C=O) groups is 3. The van der Waals surface area contributed by atoms with Crippen molar-refractivity contribution >= 4 is 23.5 Å².